The number of hydrazone groups is 1. The van der Waals surface area contributed by atoms with Crippen molar-refractivity contribution in [2.45, 2.75) is 6.92 Å². The van der Waals surface area contributed by atoms with Crippen LogP contribution in [0.1, 0.15) is 6.92 Å². The van der Waals surface area contributed by atoms with E-state index in [1.165, 1.54) is 5.01 Å². The number of amides is 1. The van der Waals surface area contributed by atoms with E-state index in [9.17, 15) is 4.79 Å². The van der Waals surface area contributed by atoms with Gasteiger partial charge in [-0.25, -0.2) is 0 Å². The van der Waals surface area contributed by atoms with Gasteiger partial charge in [-0.2, -0.15) is 10.1 Å². The number of aliphatic imine (C=N–C) groups is 1. The Hall–Kier alpha value is -2.66. The molecule has 3 rings (SSSR count). The molecule has 0 saturated carbocycles. The number of carbonyl (C=O) groups excluding carboxylic acids is 1. The lowest BCUT2D eigenvalue weighted by atomic mass is 10.1. The van der Waals surface area contributed by atoms with Gasteiger partial charge in [-0.15, -0.1) is 0 Å². The van der Waals surface area contributed by atoms with Gasteiger partial charge in [0.1, 0.15) is 11.7 Å². The van der Waals surface area contributed by atoms with E-state index in [1.54, 1.807) is 31.5 Å². The number of benzene rings is 2. The maximum Gasteiger partial charge on any atom is 0.261 e. The van der Waals surface area contributed by atoms with Crippen molar-refractivity contribution in [3.8, 4) is 5.75 Å². The molecule has 1 heterocycles. The van der Waals surface area contributed by atoms with E-state index in [2.05, 4.69) is 10.1 Å². The van der Waals surface area contributed by atoms with Crippen LogP contribution in [0.4, 0.5) is 11.4 Å². The molecule has 0 radical (unpaired) electrons. The van der Waals surface area contributed by atoms with Crippen molar-refractivity contribution in [2.24, 2.45) is 16.0 Å². The Bertz CT molecular complexity index is 818. The van der Waals surface area contributed by atoms with Gasteiger partial charge in [0.2, 0.25) is 0 Å². The second-order valence-corrected chi connectivity index (χ2v) is 5.71. The molecule has 0 aromatic heterocycles. The molecule has 2 aromatic carbocycles. The fourth-order valence-electron chi connectivity index (χ4n) is 2.40. The van der Waals surface area contributed by atoms with Gasteiger partial charge in [-0.05, 0) is 37.3 Å². The zero-order chi connectivity index (χ0) is 17.1. The minimum atomic E-state index is -0.480. The van der Waals surface area contributed by atoms with E-state index < -0.39 is 5.92 Å². The normalized spacial score (nSPS) is 17.5. The SMILES string of the molecule is COc1ccc(N=C[C@H]2C(=O)N(c3ccccc3)N=C2C)cc1Cl. The molecule has 2 aromatic rings. The van der Waals surface area contributed by atoms with E-state index in [0.717, 1.165) is 5.69 Å². The lowest BCUT2D eigenvalue weighted by Crippen LogP contribution is -2.27. The third-order valence-electron chi connectivity index (χ3n) is 3.69. The summed E-state index contributed by atoms with van der Waals surface area (Å²) in [6, 6.07) is 14.5. The summed E-state index contributed by atoms with van der Waals surface area (Å²) < 4.78 is 5.11. The van der Waals surface area contributed by atoms with E-state index in [1.807, 2.05) is 37.3 Å². The van der Waals surface area contributed by atoms with Crippen LogP contribution in [-0.4, -0.2) is 24.9 Å². The molecule has 122 valence electrons. The van der Waals surface area contributed by atoms with Crippen molar-refractivity contribution in [3.63, 3.8) is 0 Å². The first kappa shape index (κ1) is 16.2. The van der Waals surface area contributed by atoms with E-state index in [4.69, 9.17) is 16.3 Å². The Morgan fingerprint density at radius 3 is 2.67 bits per heavy atom. The highest BCUT2D eigenvalue weighted by Crippen LogP contribution is 2.29. The highest BCUT2D eigenvalue weighted by atomic mass is 35.5. The summed E-state index contributed by atoms with van der Waals surface area (Å²) in [6.07, 6.45) is 1.60. The molecule has 6 heteroatoms. The highest BCUT2D eigenvalue weighted by molar-refractivity contribution is 6.32. The highest BCUT2D eigenvalue weighted by Gasteiger charge is 2.33. The molecule has 0 fully saturated rings. The number of hydrogen-bond donors (Lipinski definition) is 0. The maximum atomic E-state index is 12.6. The third-order valence-corrected chi connectivity index (χ3v) is 3.99. The van der Waals surface area contributed by atoms with Crippen LogP contribution in [-0.2, 0) is 4.79 Å². The van der Waals surface area contributed by atoms with Crippen LogP contribution < -0.4 is 9.75 Å². The number of para-hydroxylation sites is 1. The summed E-state index contributed by atoms with van der Waals surface area (Å²) in [5.41, 5.74) is 2.09. The van der Waals surface area contributed by atoms with Crippen molar-refractivity contribution in [3.05, 3.63) is 53.6 Å². The Labute approximate surface area is 145 Å². The Morgan fingerprint density at radius 1 is 1.25 bits per heavy atom. The minimum Gasteiger partial charge on any atom is -0.495 e. The molecular weight excluding hydrogens is 326 g/mol. The fourth-order valence-corrected chi connectivity index (χ4v) is 2.65. The summed E-state index contributed by atoms with van der Waals surface area (Å²) in [6.45, 7) is 1.82. The number of hydrogen-bond acceptors (Lipinski definition) is 4. The van der Waals surface area contributed by atoms with Crippen molar-refractivity contribution in [2.75, 3.05) is 12.1 Å². The van der Waals surface area contributed by atoms with Gasteiger partial charge in [-0.1, -0.05) is 29.8 Å². The Morgan fingerprint density at radius 2 is 2.00 bits per heavy atom. The standard InChI is InChI=1S/C18H16ClN3O2/c1-12-15(11-20-13-8-9-17(24-2)16(19)10-13)18(23)22(21-12)14-6-4-3-5-7-14/h3-11,15H,1-2H3/t15-/m1/s1. The van der Waals surface area contributed by atoms with Gasteiger partial charge >= 0.3 is 0 Å². The quantitative estimate of drug-likeness (QED) is 0.786. The van der Waals surface area contributed by atoms with Gasteiger partial charge < -0.3 is 4.74 Å². The van der Waals surface area contributed by atoms with Gasteiger partial charge in [0.25, 0.3) is 5.91 Å². The Balaban J connectivity index is 1.80. The number of carbonyl (C=O) groups is 1. The van der Waals surface area contributed by atoms with E-state index in [-0.39, 0.29) is 5.91 Å². The molecule has 0 bridgehead atoms. The monoisotopic (exact) mass is 341 g/mol. The molecule has 0 aliphatic carbocycles. The van der Waals surface area contributed by atoms with Crippen molar-refractivity contribution in [1.82, 2.24) is 0 Å². The van der Waals surface area contributed by atoms with E-state index >= 15 is 0 Å². The molecule has 24 heavy (non-hydrogen) atoms. The fraction of sp³-hybridized carbons (Fsp3) is 0.167. The molecular formula is C18H16ClN3O2. The molecule has 1 atom stereocenters. The predicted octanol–water partition coefficient (Wildman–Crippen LogP) is 4.09. The lowest BCUT2D eigenvalue weighted by molar-refractivity contribution is -0.118. The summed E-state index contributed by atoms with van der Waals surface area (Å²) in [5, 5.41) is 6.22. The molecule has 1 amide bonds. The van der Waals surface area contributed by atoms with Crippen molar-refractivity contribution >= 4 is 40.8 Å². The van der Waals surface area contributed by atoms with Crippen LogP contribution in [0.25, 0.3) is 0 Å². The van der Waals surface area contributed by atoms with Crippen LogP contribution in [0.3, 0.4) is 0 Å². The molecule has 0 N–H and O–H groups in total. The summed E-state index contributed by atoms with van der Waals surface area (Å²) in [7, 11) is 1.55. The first-order chi connectivity index (χ1) is 11.6. The number of nitrogens with zero attached hydrogens (tertiary/aromatic N) is 3. The first-order valence-electron chi connectivity index (χ1n) is 7.42. The van der Waals surface area contributed by atoms with Crippen molar-refractivity contribution < 1.29 is 9.53 Å². The smallest absolute Gasteiger partial charge is 0.261 e. The topological polar surface area (TPSA) is 54.3 Å². The number of methoxy groups -OCH3 is 1. The van der Waals surface area contributed by atoms with Gasteiger partial charge in [0, 0.05) is 6.21 Å². The number of halogens is 1. The summed E-state index contributed by atoms with van der Waals surface area (Å²) in [5.74, 6) is -0.0197. The van der Waals surface area contributed by atoms with Crippen LogP contribution in [0.15, 0.2) is 58.6 Å². The molecule has 1 aliphatic rings. The zero-order valence-electron chi connectivity index (χ0n) is 13.3. The lowest BCUT2D eigenvalue weighted by Gasteiger charge is -2.12. The van der Waals surface area contributed by atoms with Gasteiger partial charge in [0.15, 0.2) is 0 Å². The van der Waals surface area contributed by atoms with Crippen LogP contribution in [0.2, 0.25) is 5.02 Å². The molecule has 0 saturated heterocycles. The molecule has 5 nitrogen and oxygen atoms in total. The third kappa shape index (κ3) is 3.16. The van der Waals surface area contributed by atoms with E-state index in [0.29, 0.717) is 22.2 Å². The maximum absolute atomic E-state index is 12.6. The summed E-state index contributed by atoms with van der Waals surface area (Å²) >= 11 is 6.09. The average molecular weight is 342 g/mol. The number of ether oxygens (including phenoxy) is 1. The van der Waals surface area contributed by atoms with Crippen molar-refractivity contribution in [1.29, 1.82) is 0 Å². The first-order valence-corrected chi connectivity index (χ1v) is 7.80. The van der Waals surface area contributed by atoms with Gasteiger partial charge in [0.05, 0.1) is 29.2 Å². The predicted molar refractivity (Wildman–Crippen MR) is 96.7 cm³/mol. The molecule has 1 aliphatic heterocycles. The second kappa shape index (κ2) is 6.84. The van der Waals surface area contributed by atoms with Crippen LogP contribution in [0.5, 0.6) is 5.75 Å². The number of anilines is 1. The summed E-state index contributed by atoms with van der Waals surface area (Å²) in [4.78, 5) is 16.9. The van der Waals surface area contributed by atoms with Crippen LogP contribution in [0, 0.1) is 5.92 Å². The zero-order valence-corrected chi connectivity index (χ0v) is 14.1. The molecule has 0 unspecified atom stereocenters. The minimum absolute atomic E-state index is 0.123. The second-order valence-electron chi connectivity index (χ2n) is 5.30. The van der Waals surface area contributed by atoms with Gasteiger partial charge in [-0.3, -0.25) is 9.79 Å². The average Bonchev–Trinajstić information content (AvgIpc) is 2.88. The van der Waals surface area contributed by atoms with Crippen LogP contribution >= 0.6 is 11.6 Å². The number of rotatable bonds is 4. The molecule has 0 spiro atoms. The Kier molecular flexibility index (Phi) is 4.62. The largest absolute Gasteiger partial charge is 0.495 e.